The fourth-order valence-electron chi connectivity index (χ4n) is 1.99. The number of nitrogens with two attached hydrogens (primary N) is 1. The lowest BCUT2D eigenvalue weighted by Gasteiger charge is -2.22. The summed E-state index contributed by atoms with van der Waals surface area (Å²) in [7, 11) is 1.48. The van der Waals surface area contributed by atoms with Crippen molar-refractivity contribution in [2.24, 2.45) is 11.1 Å². The van der Waals surface area contributed by atoms with Crippen LogP contribution in [0.25, 0.3) is 0 Å². The summed E-state index contributed by atoms with van der Waals surface area (Å²) in [6.07, 6.45) is 1.41. The van der Waals surface area contributed by atoms with Crippen molar-refractivity contribution in [3.05, 3.63) is 0 Å². The second kappa shape index (κ2) is 7.56. The van der Waals surface area contributed by atoms with E-state index in [1.807, 2.05) is 0 Å². The summed E-state index contributed by atoms with van der Waals surface area (Å²) >= 11 is 0. The molecule has 1 aliphatic heterocycles. The quantitative estimate of drug-likeness (QED) is 0.671. The molecule has 18 heavy (non-hydrogen) atoms. The van der Waals surface area contributed by atoms with Crippen LogP contribution in [0.4, 0.5) is 4.79 Å². The molecule has 0 aromatic carbocycles. The third kappa shape index (κ3) is 5.20. The highest BCUT2D eigenvalue weighted by Gasteiger charge is 2.32. The molecule has 6 nitrogen and oxygen atoms in total. The summed E-state index contributed by atoms with van der Waals surface area (Å²) in [4.78, 5) is 24.5. The van der Waals surface area contributed by atoms with Gasteiger partial charge in [-0.1, -0.05) is 6.92 Å². The number of hydrogen-bond acceptors (Lipinski definition) is 4. The number of rotatable bonds is 4. The van der Waals surface area contributed by atoms with E-state index < -0.39 is 6.03 Å². The van der Waals surface area contributed by atoms with Crippen LogP contribution < -0.4 is 16.4 Å². The highest BCUT2D eigenvalue weighted by molar-refractivity contribution is 5.94. The lowest BCUT2D eigenvalue weighted by molar-refractivity contribution is -0.120. The van der Waals surface area contributed by atoms with Gasteiger partial charge < -0.3 is 16.0 Å². The van der Waals surface area contributed by atoms with Gasteiger partial charge in [0, 0.05) is 26.6 Å². The second-order valence-electron chi connectivity index (χ2n) is 4.92. The van der Waals surface area contributed by atoms with Crippen LogP contribution in [0.3, 0.4) is 0 Å². The SMILES string of the molecule is CNC(=O)NC(=O)CCN1CCC(C)(CN)C1.Cl. The third-order valence-corrected chi connectivity index (χ3v) is 3.26. The van der Waals surface area contributed by atoms with Gasteiger partial charge in [0.05, 0.1) is 0 Å². The number of carbonyl (C=O) groups is 2. The van der Waals surface area contributed by atoms with Crippen LogP contribution in [-0.4, -0.2) is 50.1 Å². The Hall–Kier alpha value is -0.850. The molecule has 1 rings (SSSR count). The van der Waals surface area contributed by atoms with Gasteiger partial charge in [-0.3, -0.25) is 10.1 Å². The number of nitrogens with zero attached hydrogens (tertiary/aromatic N) is 1. The number of amides is 3. The lowest BCUT2D eigenvalue weighted by Crippen LogP contribution is -2.39. The predicted molar refractivity (Wildman–Crippen MR) is 72.7 cm³/mol. The van der Waals surface area contributed by atoms with Gasteiger partial charge in [-0.15, -0.1) is 12.4 Å². The van der Waals surface area contributed by atoms with E-state index >= 15 is 0 Å². The Morgan fingerprint density at radius 1 is 1.44 bits per heavy atom. The monoisotopic (exact) mass is 278 g/mol. The zero-order chi connectivity index (χ0) is 12.9. The van der Waals surface area contributed by atoms with Crippen LogP contribution in [0.15, 0.2) is 0 Å². The molecule has 3 amide bonds. The molecule has 1 atom stereocenters. The lowest BCUT2D eigenvalue weighted by atomic mass is 9.90. The Bertz CT molecular complexity index is 301. The van der Waals surface area contributed by atoms with Gasteiger partial charge in [-0.05, 0) is 24.9 Å². The smallest absolute Gasteiger partial charge is 0.321 e. The Labute approximate surface area is 114 Å². The van der Waals surface area contributed by atoms with Crippen molar-refractivity contribution >= 4 is 24.3 Å². The summed E-state index contributed by atoms with van der Waals surface area (Å²) in [5.74, 6) is -0.245. The number of carbonyl (C=O) groups excluding carboxylic acids is 2. The van der Waals surface area contributed by atoms with Gasteiger partial charge in [-0.2, -0.15) is 0 Å². The normalized spacial score (nSPS) is 23.3. The van der Waals surface area contributed by atoms with Crippen LogP contribution >= 0.6 is 12.4 Å². The molecule has 1 unspecified atom stereocenters. The summed E-state index contributed by atoms with van der Waals surface area (Å²) in [5.41, 5.74) is 5.89. The number of hydrogen-bond donors (Lipinski definition) is 3. The molecule has 1 saturated heterocycles. The first-order valence-electron chi connectivity index (χ1n) is 5.93. The zero-order valence-electron chi connectivity index (χ0n) is 11.0. The van der Waals surface area contributed by atoms with Gasteiger partial charge >= 0.3 is 6.03 Å². The molecule has 7 heteroatoms. The van der Waals surface area contributed by atoms with Crippen LogP contribution in [0.5, 0.6) is 0 Å². The van der Waals surface area contributed by atoms with Crippen molar-refractivity contribution in [1.29, 1.82) is 0 Å². The van der Waals surface area contributed by atoms with Gasteiger partial charge in [-0.25, -0.2) is 4.79 Å². The summed E-state index contributed by atoms with van der Waals surface area (Å²) in [6, 6.07) is -0.455. The maximum atomic E-state index is 11.4. The number of likely N-dealkylation sites (tertiary alicyclic amines) is 1. The third-order valence-electron chi connectivity index (χ3n) is 3.26. The molecule has 4 N–H and O–H groups in total. The Morgan fingerprint density at radius 2 is 2.11 bits per heavy atom. The molecule has 0 aliphatic carbocycles. The largest absolute Gasteiger partial charge is 0.341 e. The van der Waals surface area contributed by atoms with E-state index in [-0.39, 0.29) is 23.7 Å². The second-order valence-corrected chi connectivity index (χ2v) is 4.92. The van der Waals surface area contributed by atoms with E-state index in [0.29, 0.717) is 19.5 Å². The molecule has 0 bridgehead atoms. The first-order chi connectivity index (χ1) is 7.99. The average Bonchev–Trinajstić information content (AvgIpc) is 2.69. The highest BCUT2D eigenvalue weighted by atomic mass is 35.5. The first kappa shape index (κ1) is 17.2. The molecular formula is C11H23ClN4O2. The Morgan fingerprint density at radius 3 is 2.61 bits per heavy atom. The van der Waals surface area contributed by atoms with E-state index in [1.54, 1.807) is 0 Å². The van der Waals surface area contributed by atoms with Gasteiger partial charge in [0.15, 0.2) is 0 Å². The van der Waals surface area contributed by atoms with Crippen molar-refractivity contribution in [2.45, 2.75) is 19.8 Å². The van der Waals surface area contributed by atoms with E-state index in [9.17, 15) is 9.59 Å². The summed E-state index contributed by atoms with van der Waals surface area (Å²) < 4.78 is 0. The molecule has 1 aliphatic rings. The van der Waals surface area contributed by atoms with Crippen molar-refractivity contribution in [2.75, 3.05) is 33.2 Å². The fourth-order valence-corrected chi connectivity index (χ4v) is 1.99. The van der Waals surface area contributed by atoms with Crippen LogP contribution in [0.1, 0.15) is 19.8 Å². The van der Waals surface area contributed by atoms with Gasteiger partial charge in [0.1, 0.15) is 0 Å². The van der Waals surface area contributed by atoms with Crippen molar-refractivity contribution < 1.29 is 9.59 Å². The topological polar surface area (TPSA) is 87.5 Å². The predicted octanol–water partition coefficient (Wildman–Crippen LogP) is -0.0754. The van der Waals surface area contributed by atoms with E-state index in [1.165, 1.54) is 7.05 Å². The number of halogens is 1. The minimum absolute atomic E-state index is 0. The van der Waals surface area contributed by atoms with E-state index in [4.69, 9.17) is 5.73 Å². The molecule has 106 valence electrons. The van der Waals surface area contributed by atoms with Crippen LogP contribution in [0.2, 0.25) is 0 Å². The molecule has 0 radical (unpaired) electrons. The standard InChI is InChI=1S/C11H22N4O2.ClH/c1-11(7-12)4-6-15(8-11)5-3-9(16)14-10(17)13-2;/h3-8,12H2,1-2H3,(H2,13,14,16,17);1H. The Balaban J connectivity index is 0.00000289. The Kier molecular flexibility index (Phi) is 7.20. The molecule has 0 spiro atoms. The minimum atomic E-state index is -0.455. The number of imide groups is 1. The maximum absolute atomic E-state index is 11.4. The molecular weight excluding hydrogens is 256 g/mol. The van der Waals surface area contributed by atoms with E-state index in [2.05, 4.69) is 22.5 Å². The van der Waals surface area contributed by atoms with Crippen LogP contribution in [0, 0.1) is 5.41 Å². The summed E-state index contributed by atoms with van der Waals surface area (Å²) in [6.45, 7) is 5.42. The average molecular weight is 279 g/mol. The number of nitrogens with one attached hydrogen (secondary N) is 2. The molecule has 0 saturated carbocycles. The molecule has 0 aromatic rings. The van der Waals surface area contributed by atoms with Crippen molar-refractivity contribution in [3.8, 4) is 0 Å². The maximum Gasteiger partial charge on any atom is 0.321 e. The van der Waals surface area contributed by atoms with Crippen LogP contribution in [-0.2, 0) is 4.79 Å². The van der Waals surface area contributed by atoms with Crippen molar-refractivity contribution in [3.63, 3.8) is 0 Å². The summed E-state index contributed by atoms with van der Waals surface area (Å²) in [5, 5.41) is 4.59. The van der Waals surface area contributed by atoms with Crippen molar-refractivity contribution in [1.82, 2.24) is 15.5 Å². The molecule has 1 heterocycles. The highest BCUT2D eigenvalue weighted by Crippen LogP contribution is 2.28. The number of urea groups is 1. The molecule has 0 aromatic heterocycles. The van der Waals surface area contributed by atoms with Gasteiger partial charge in [0.25, 0.3) is 0 Å². The fraction of sp³-hybridized carbons (Fsp3) is 0.818. The minimum Gasteiger partial charge on any atom is -0.341 e. The molecule has 1 fully saturated rings. The van der Waals surface area contributed by atoms with E-state index in [0.717, 1.165) is 19.5 Å². The zero-order valence-corrected chi connectivity index (χ0v) is 11.8. The first-order valence-corrected chi connectivity index (χ1v) is 5.93. The van der Waals surface area contributed by atoms with Gasteiger partial charge in [0.2, 0.25) is 5.91 Å².